The van der Waals surface area contributed by atoms with Crippen molar-refractivity contribution in [3.05, 3.63) is 42.0 Å². The molecule has 0 radical (unpaired) electrons. The Hall–Kier alpha value is -1.77. The highest BCUT2D eigenvalue weighted by atomic mass is 16.2. The molecular formula is C14H18N2O. The summed E-state index contributed by atoms with van der Waals surface area (Å²) in [5, 5.41) is 1.87. The molecular weight excluding hydrogens is 212 g/mol. The summed E-state index contributed by atoms with van der Waals surface area (Å²) in [5.41, 5.74) is 5.33. The molecule has 0 atom stereocenters. The minimum atomic E-state index is -0.384. The lowest BCUT2D eigenvalue weighted by Crippen LogP contribution is -2.44. The predicted octanol–water partition coefficient (Wildman–Crippen LogP) is 2.44. The Labute approximate surface area is 102 Å². The van der Waals surface area contributed by atoms with Crippen LogP contribution in [-0.4, -0.2) is 11.4 Å². The standard InChI is InChI=1S/C14H18N2O/c1-5-11-6-8-12(9-7-11)16-14(3,4)10(2)13(17)15-16/h6-9H,2,5H2,1,3-4H3,(H,15,17). The Bertz CT molecular complexity index is 460. The summed E-state index contributed by atoms with van der Waals surface area (Å²) in [7, 11) is 0. The number of benzene rings is 1. The minimum Gasteiger partial charge on any atom is -0.275 e. The van der Waals surface area contributed by atoms with Crippen LogP contribution in [-0.2, 0) is 11.2 Å². The van der Waals surface area contributed by atoms with Crippen molar-refractivity contribution >= 4 is 11.6 Å². The highest BCUT2D eigenvalue weighted by molar-refractivity contribution is 6.00. The molecule has 1 N–H and O–H groups in total. The third kappa shape index (κ3) is 1.82. The van der Waals surface area contributed by atoms with E-state index in [0.717, 1.165) is 12.1 Å². The second-order valence-corrected chi connectivity index (χ2v) is 4.83. The summed E-state index contributed by atoms with van der Waals surface area (Å²) in [6.07, 6.45) is 1.02. The maximum Gasteiger partial charge on any atom is 0.267 e. The number of hydrazine groups is 1. The second-order valence-electron chi connectivity index (χ2n) is 4.83. The van der Waals surface area contributed by atoms with Gasteiger partial charge in [0.25, 0.3) is 5.91 Å². The molecule has 1 fully saturated rings. The van der Waals surface area contributed by atoms with E-state index in [2.05, 4.69) is 31.1 Å². The Balaban J connectivity index is 2.34. The van der Waals surface area contributed by atoms with E-state index in [1.165, 1.54) is 5.56 Å². The first-order valence-corrected chi connectivity index (χ1v) is 5.86. The van der Waals surface area contributed by atoms with Crippen LogP contribution in [0.4, 0.5) is 5.69 Å². The third-order valence-electron chi connectivity index (χ3n) is 3.39. The van der Waals surface area contributed by atoms with Gasteiger partial charge in [-0.3, -0.25) is 15.2 Å². The summed E-state index contributed by atoms with van der Waals surface area (Å²) >= 11 is 0. The van der Waals surface area contributed by atoms with Crippen LogP contribution in [0.25, 0.3) is 0 Å². The number of amides is 1. The van der Waals surface area contributed by atoms with E-state index in [1.54, 1.807) is 0 Å². The fourth-order valence-corrected chi connectivity index (χ4v) is 1.99. The molecule has 2 rings (SSSR count). The Morgan fingerprint density at radius 2 is 1.88 bits per heavy atom. The minimum absolute atomic E-state index is 0.102. The number of carbonyl (C=O) groups is 1. The highest BCUT2D eigenvalue weighted by Gasteiger charge is 2.41. The Morgan fingerprint density at radius 3 is 2.29 bits per heavy atom. The molecule has 1 heterocycles. The third-order valence-corrected chi connectivity index (χ3v) is 3.39. The largest absolute Gasteiger partial charge is 0.275 e. The van der Waals surface area contributed by atoms with Crippen molar-refractivity contribution in [2.75, 3.05) is 5.01 Å². The number of anilines is 1. The van der Waals surface area contributed by atoms with Crippen molar-refractivity contribution in [3.63, 3.8) is 0 Å². The highest BCUT2D eigenvalue weighted by Crippen LogP contribution is 2.32. The van der Waals surface area contributed by atoms with Crippen molar-refractivity contribution in [1.82, 2.24) is 5.43 Å². The molecule has 0 unspecified atom stereocenters. The Morgan fingerprint density at radius 1 is 1.29 bits per heavy atom. The molecule has 0 aliphatic carbocycles. The average molecular weight is 230 g/mol. The first kappa shape index (κ1) is 11.7. The van der Waals surface area contributed by atoms with E-state index < -0.39 is 0 Å². The normalized spacial score (nSPS) is 18.4. The maximum absolute atomic E-state index is 11.6. The predicted molar refractivity (Wildman–Crippen MR) is 69.7 cm³/mol. The van der Waals surface area contributed by atoms with Gasteiger partial charge in [-0.25, -0.2) is 0 Å². The van der Waals surface area contributed by atoms with Crippen LogP contribution in [0, 0.1) is 0 Å². The van der Waals surface area contributed by atoms with Gasteiger partial charge in [-0.15, -0.1) is 0 Å². The van der Waals surface area contributed by atoms with Crippen LogP contribution in [0.1, 0.15) is 26.3 Å². The van der Waals surface area contributed by atoms with E-state index in [4.69, 9.17) is 0 Å². The first-order valence-electron chi connectivity index (χ1n) is 5.86. The summed E-state index contributed by atoms with van der Waals surface area (Å²) in [4.78, 5) is 11.6. The number of aryl methyl sites for hydroxylation is 1. The topological polar surface area (TPSA) is 32.3 Å². The van der Waals surface area contributed by atoms with Gasteiger partial charge in [-0.2, -0.15) is 0 Å². The molecule has 1 aliphatic rings. The molecule has 1 amide bonds. The molecule has 1 aromatic rings. The summed E-state index contributed by atoms with van der Waals surface area (Å²) in [5.74, 6) is -0.102. The quantitative estimate of drug-likeness (QED) is 0.791. The van der Waals surface area contributed by atoms with Gasteiger partial charge in [-0.1, -0.05) is 25.6 Å². The summed E-state index contributed by atoms with van der Waals surface area (Å²) in [6.45, 7) is 9.94. The molecule has 1 aromatic carbocycles. The van der Waals surface area contributed by atoms with E-state index in [0.29, 0.717) is 5.57 Å². The molecule has 1 aliphatic heterocycles. The zero-order valence-electron chi connectivity index (χ0n) is 10.6. The fraction of sp³-hybridized carbons (Fsp3) is 0.357. The number of nitrogens with zero attached hydrogens (tertiary/aromatic N) is 1. The van der Waals surface area contributed by atoms with Crippen molar-refractivity contribution in [3.8, 4) is 0 Å². The van der Waals surface area contributed by atoms with Gasteiger partial charge in [0.05, 0.1) is 11.2 Å². The lowest BCUT2D eigenvalue weighted by molar-refractivity contribution is -0.116. The number of carbonyl (C=O) groups excluding carboxylic acids is 1. The molecule has 0 spiro atoms. The molecule has 17 heavy (non-hydrogen) atoms. The number of nitrogens with one attached hydrogen (secondary N) is 1. The van der Waals surface area contributed by atoms with E-state index in [-0.39, 0.29) is 11.4 Å². The van der Waals surface area contributed by atoms with E-state index >= 15 is 0 Å². The second kappa shape index (κ2) is 3.91. The van der Waals surface area contributed by atoms with Crippen molar-refractivity contribution in [2.45, 2.75) is 32.7 Å². The van der Waals surface area contributed by atoms with Crippen LogP contribution in [0.15, 0.2) is 36.4 Å². The molecule has 0 saturated carbocycles. The van der Waals surface area contributed by atoms with Crippen LogP contribution in [0.3, 0.4) is 0 Å². The van der Waals surface area contributed by atoms with Gasteiger partial charge in [-0.05, 0) is 38.0 Å². The van der Waals surface area contributed by atoms with Crippen molar-refractivity contribution < 1.29 is 4.79 Å². The van der Waals surface area contributed by atoms with E-state index in [9.17, 15) is 4.79 Å². The van der Waals surface area contributed by atoms with Crippen LogP contribution in [0.2, 0.25) is 0 Å². The molecule has 3 heteroatoms. The monoisotopic (exact) mass is 230 g/mol. The smallest absolute Gasteiger partial charge is 0.267 e. The van der Waals surface area contributed by atoms with Gasteiger partial charge in [0.2, 0.25) is 0 Å². The number of rotatable bonds is 2. The van der Waals surface area contributed by atoms with Crippen LogP contribution >= 0.6 is 0 Å². The summed E-state index contributed by atoms with van der Waals surface area (Å²) < 4.78 is 0. The van der Waals surface area contributed by atoms with Gasteiger partial charge in [0.15, 0.2) is 0 Å². The molecule has 3 nitrogen and oxygen atoms in total. The fourth-order valence-electron chi connectivity index (χ4n) is 1.99. The average Bonchev–Trinajstić information content (AvgIpc) is 2.53. The SMILES string of the molecule is C=C1C(=O)NN(c2ccc(CC)cc2)C1(C)C. The van der Waals surface area contributed by atoms with Gasteiger partial charge in [0, 0.05) is 5.57 Å². The van der Waals surface area contributed by atoms with Gasteiger partial charge in [0.1, 0.15) is 0 Å². The van der Waals surface area contributed by atoms with Crippen LogP contribution < -0.4 is 10.4 Å². The summed E-state index contributed by atoms with van der Waals surface area (Å²) in [6, 6.07) is 8.22. The lowest BCUT2D eigenvalue weighted by atomic mass is 9.96. The van der Waals surface area contributed by atoms with Gasteiger partial charge >= 0.3 is 0 Å². The molecule has 1 saturated heterocycles. The Kier molecular flexibility index (Phi) is 2.69. The zero-order chi connectivity index (χ0) is 12.6. The van der Waals surface area contributed by atoms with Crippen molar-refractivity contribution in [2.24, 2.45) is 0 Å². The number of hydrogen-bond acceptors (Lipinski definition) is 2. The molecule has 0 aromatic heterocycles. The first-order chi connectivity index (χ1) is 7.96. The zero-order valence-corrected chi connectivity index (χ0v) is 10.6. The van der Waals surface area contributed by atoms with Gasteiger partial charge < -0.3 is 0 Å². The number of hydrogen-bond donors (Lipinski definition) is 1. The van der Waals surface area contributed by atoms with Crippen molar-refractivity contribution in [1.29, 1.82) is 0 Å². The maximum atomic E-state index is 11.6. The lowest BCUT2D eigenvalue weighted by Gasteiger charge is -2.32. The molecule has 0 bridgehead atoms. The van der Waals surface area contributed by atoms with E-state index in [1.807, 2.05) is 31.0 Å². The molecule has 90 valence electrons. The van der Waals surface area contributed by atoms with Crippen LogP contribution in [0.5, 0.6) is 0 Å².